The van der Waals surface area contributed by atoms with Gasteiger partial charge in [0.15, 0.2) is 0 Å². The van der Waals surface area contributed by atoms with E-state index in [0.29, 0.717) is 4.88 Å². The van der Waals surface area contributed by atoms with Gasteiger partial charge in [0.05, 0.1) is 16.1 Å². The zero-order valence-electron chi connectivity index (χ0n) is 18.1. The van der Waals surface area contributed by atoms with Crippen molar-refractivity contribution in [2.45, 2.75) is 44.7 Å². The van der Waals surface area contributed by atoms with Crippen molar-refractivity contribution in [2.75, 3.05) is 4.72 Å². The SMILES string of the molecule is C=CCC.CC.CC/C=C/C#Cc1ccc(S(=O)(=O)Nc2cc(Cl)ccc2C(=O)O)s1. The Morgan fingerprint density at radius 2 is 1.87 bits per heavy atom. The predicted molar refractivity (Wildman–Crippen MR) is 132 cm³/mol. The lowest BCUT2D eigenvalue weighted by molar-refractivity contribution is 0.0698. The van der Waals surface area contributed by atoms with E-state index >= 15 is 0 Å². The van der Waals surface area contributed by atoms with Crippen LogP contribution in [0.25, 0.3) is 0 Å². The summed E-state index contributed by atoms with van der Waals surface area (Å²) in [4.78, 5) is 11.8. The maximum Gasteiger partial charge on any atom is 0.337 e. The van der Waals surface area contributed by atoms with Crippen LogP contribution in [-0.4, -0.2) is 19.5 Å². The number of hydrogen-bond acceptors (Lipinski definition) is 4. The first-order valence-corrected chi connectivity index (χ1v) is 12.4. The smallest absolute Gasteiger partial charge is 0.337 e. The third kappa shape index (κ3) is 10.4. The number of benzene rings is 1. The molecule has 1 heterocycles. The fourth-order valence-electron chi connectivity index (χ4n) is 1.80. The van der Waals surface area contributed by atoms with Crippen molar-refractivity contribution in [3.05, 3.63) is 70.6 Å². The van der Waals surface area contributed by atoms with Crippen molar-refractivity contribution < 1.29 is 18.3 Å². The van der Waals surface area contributed by atoms with Crippen LogP contribution in [0, 0.1) is 11.8 Å². The van der Waals surface area contributed by atoms with E-state index in [9.17, 15) is 13.2 Å². The second-order valence-electron chi connectivity index (χ2n) is 5.50. The van der Waals surface area contributed by atoms with Gasteiger partial charge in [0.25, 0.3) is 10.0 Å². The number of carboxylic acid groups (broad SMARTS) is 1. The number of anilines is 1. The number of aromatic carboxylic acids is 1. The molecule has 2 rings (SSSR count). The monoisotopic (exact) mass is 481 g/mol. The summed E-state index contributed by atoms with van der Waals surface area (Å²) < 4.78 is 27.3. The van der Waals surface area contributed by atoms with Gasteiger partial charge in [0, 0.05) is 5.02 Å². The quantitative estimate of drug-likeness (QED) is 0.350. The summed E-state index contributed by atoms with van der Waals surface area (Å²) in [5.41, 5.74) is -0.277. The highest BCUT2D eigenvalue weighted by atomic mass is 35.5. The molecule has 0 fully saturated rings. The molecule has 31 heavy (non-hydrogen) atoms. The molecule has 0 radical (unpaired) electrons. The minimum absolute atomic E-state index is 0.0348. The molecule has 0 aliphatic rings. The lowest BCUT2D eigenvalue weighted by Crippen LogP contribution is -2.14. The fraction of sp³-hybridized carbons (Fsp3) is 0.261. The Balaban J connectivity index is 0.00000134. The molecule has 0 saturated carbocycles. The number of nitrogens with one attached hydrogen (secondary N) is 1. The van der Waals surface area contributed by atoms with E-state index in [4.69, 9.17) is 16.7 Å². The van der Waals surface area contributed by atoms with Crippen LogP contribution in [0.3, 0.4) is 0 Å². The van der Waals surface area contributed by atoms with E-state index < -0.39 is 16.0 Å². The first-order chi connectivity index (χ1) is 14.7. The topological polar surface area (TPSA) is 83.5 Å². The van der Waals surface area contributed by atoms with Crippen molar-refractivity contribution in [3.8, 4) is 11.8 Å². The fourth-order valence-corrected chi connectivity index (χ4v) is 4.21. The Bertz CT molecular complexity index is 1050. The molecule has 0 atom stereocenters. The van der Waals surface area contributed by atoms with Crippen LogP contribution in [0.2, 0.25) is 5.02 Å². The molecule has 0 spiro atoms. The summed E-state index contributed by atoms with van der Waals surface area (Å²) in [6.07, 6.45) is 7.43. The molecule has 1 aromatic heterocycles. The largest absolute Gasteiger partial charge is 0.478 e. The van der Waals surface area contributed by atoms with Gasteiger partial charge in [0.2, 0.25) is 0 Å². The van der Waals surface area contributed by atoms with Crippen LogP contribution in [-0.2, 0) is 10.0 Å². The number of sulfonamides is 1. The van der Waals surface area contributed by atoms with Gasteiger partial charge in [-0.3, -0.25) is 4.72 Å². The number of rotatable bonds is 6. The minimum atomic E-state index is -3.94. The number of carbonyl (C=O) groups is 1. The maximum absolute atomic E-state index is 12.5. The number of thiophene rings is 1. The summed E-state index contributed by atoms with van der Waals surface area (Å²) in [6.45, 7) is 11.5. The van der Waals surface area contributed by atoms with E-state index in [2.05, 4.69) is 30.1 Å². The predicted octanol–water partition coefficient (Wildman–Crippen LogP) is 6.83. The number of allylic oxidation sites excluding steroid dienone is 3. The van der Waals surface area contributed by atoms with Crippen molar-refractivity contribution in [1.29, 1.82) is 0 Å². The van der Waals surface area contributed by atoms with Crippen molar-refractivity contribution in [3.63, 3.8) is 0 Å². The molecule has 0 saturated heterocycles. The molecule has 168 valence electrons. The van der Waals surface area contributed by atoms with Crippen molar-refractivity contribution in [2.24, 2.45) is 0 Å². The van der Waals surface area contributed by atoms with Gasteiger partial charge in [-0.15, -0.1) is 17.9 Å². The standard InChI is InChI=1S/C17H14ClNO4S2.C4H8.C2H6/c1-2-3-4-5-6-13-8-10-16(24-13)25(22,23)19-15-11-12(18)7-9-14(15)17(20)21;1-3-4-2;1-2/h3-4,7-11,19H,2H2,1H3,(H,20,21);3H,1,4H2,2H3;1-2H3/b4-3+;;. The van der Waals surface area contributed by atoms with Gasteiger partial charge in [0.1, 0.15) is 4.21 Å². The third-order valence-corrected chi connectivity index (χ3v) is 6.32. The zero-order valence-corrected chi connectivity index (χ0v) is 20.5. The highest BCUT2D eigenvalue weighted by Gasteiger charge is 2.20. The molecule has 8 heteroatoms. The van der Waals surface area contributed by atoms with Crippen molar-refractivity contribution in [1.82, 2.24) is 0 Å². The van der Waals surface area contributed by atoms with Crippen LogP contribution in [0.1, 0.15) is 55.8 Å². The Morgan fingerprint density at radius 1 is 1.23 bits per heavy atom. The maximum atomic E-state index is 12.5. The molecule has 2 aromatic rings. The summed E-state index contributed by atoms with van der Waals surface area (Å²) in [7, 11) is -3.94. The van der Waals surface area contributed by atoms with Crippen LogP contribution >= 0.6 is 22.9 Å². The first-order valence-electron chi connectivity index (χ1n) is 9.68. The second-order valence-corrected chi connectivity index (χ2v) is 8.93. The second kappa shape index (κ2) is 15.3. The Hall–Kier alpha value is -2.53. The van der Waals surface area contributed by atoms with Crippen LogP contribution in [0.5, 0.6) is 0 Å². The van der Waals surface area contributed by atoms with Gasteiger partial charge < -0.3 is 5.11 Å². The number of hydrogen-bond donors (Lipinski definition) is 2. The van der Waals surface area contributed by atoms with Crippen LogP contribution in [0.4, 0.5) is 5.69 Å². The Kier molecular flexibility index (Phi) is 14.0. The highest BCUT2D eigenvalue weighted by Crippen LogP contribution is 2.27. The molecule has 0 bridgehead atoms. The van der Waals surface area contributed by atoms with Gasteiger partial charge in [-0.2, -0.15) is 0 Å². The van der Waals surface area contributed by atoms with Gasteiger partial charge in [-0.1, -0.05) is 63.3 Å². The highest BCUT2D eigenvalue weighted by molar-refractivity contribution is 7.94. The summed E-state index contributed by atoms with van der Waals surface area (Å²) in [5, 5.41) is 9.39. The molecular formula is C23H28ClNO4S2. The molecule has 5 nitrogen and oxygen atoms in total. The van der Waals surface area contributed by atoms with Crippen molar-refractivity contribution >= 4 is 44.6 Å². The van der Waals surface area contributed by atoms with E-state index in [1.165, 1.54) is 24.3 Å². The van der Waals surface area contributed by atoms with Gasteiger partial charge in [-0.05, 0) is 49.2 Å². The number of carboxylic acids is 1. The van der Waals surface area contributed by atoms with Gasteiger partial charge >= 0.3 is 5.97 Å². The zero-order chi connectivity index (χ0) is 23.9. The Morgan fingerprint density at radius 3 is 2.42 bits per heavy atom. The summed E-state index contributed by atoms with van der Waals surface area (Å²) >= 11 is 6.83. The minimum Gasteiger partial charge on any atom is -0.478 e. The third-order valence-electron chi connectivity index (χ3n) is 3.22. The molecule has 0 amide bonds. The normalized spacial score (nSPS) is 9.97. The molecule has 0 aliphatic carbocycles. The molecule has 0 unspecified atom stereocenters. The molecule has 0 aliphatic heterocycles. The van der Waals surface area contributed by atoms with Crippen LogP contribution in [0.15, 0.2) is 59.3 Å². The van der Waals surface area contributed by atoms with E-state index in [0.717, 1.165) is 24.2 Å². The van der Waals surface area contributed by atoms with E-state index in [1.807, 2.05) is 32.9 Å². The summed E-state index contributed by atoms with van der Waals surface area (Å²) in [5.74, 6) is 4.41. The summed E-state index contributed by atoms with van der Waals surface area (Å²) in [6, 6.07) is 6.90. The molecule has 1 aromatic carbocycles. The van der Waals surface area contributed by atoms with E-state index in [-0.39, 0.29) is 20.5 Å². The average Bonchev–Trinajstić information content (AvgIpc) is 3.22. The first kappa shape index (κ1) is 28.5. The molecular weight excluding hydrogens is 454 g/mol. The number of halogens is 1. The lowest BCUT2D eigenvalue weighted by atomic mass is 10.2. The average molecular weight is 482 g/mol. The van der Waals surface area contributed by atoms with Crippen LogP contribution < -0.4 is 4.72 Å². The van der Waals surface area contributed by atoms with Gasteiger partial charge in [-0.25, -0.2) is 13.2 Å². The lowest BCUT2D eigenvalue weighted by Gasteiger charge is -2.09. The molecule has 2 N–H and O–H groups in total. The Labute approximate surface area is 194 Å². The van der Waals surface area contributed by atoms with E-state index in [1.54, 1.807) is 12.1 Å².